The fraction of sp³-hybridized carbons (Fsp3) is 0.214. The molecule has 0 aliphatic heterocycles. The van der Waals surface area contributed by atoms with Crippen LogP contribution in [0.3, 0.4) is 0 Å². The number of hydrazine groups is 1. The number of benzene rings is 1. The molecule has 20 heavy (non-hydrogen) atoms. The molecule has 0 amide bonds. The van der Waals surface area contributed by atoms with Gasteiger partial charge in [-0.15, -0.1) is 0 Å². The number of methoxy groups -OCH3 is 1. The van der Waals surface area contributed by atoms with Gasteiger partial charge >= 0.3 is 0 Å². The van der Waals surface area contributed by atoms with Gasteiger partial charge in [0.05, 0.1) is 18.2 Å². The highest BCUT2D eigenvalue weighted by Gasteiger charge is 2.17. The molecular formula is C14H15BrClN3O. The van der Waals surface area contributed by atoms with Gasteiger partial charge in [-0.2, -0.15) is 0 Å². The molecule has 0 bridgehead atoms. The summed E-state index contributed by atoms with van der Waals surface area (Å²) in [5.41, 5.74) is 4.77. The molecule has 1 unspecified atom stereocenters. The molecule has 0 aliphatic carbocycles. The summed E-state index contributed by atoms with van der Waals surface area (Å²) in [5, 5.41) is 0.629. The van der Waals surface area contributed by atoms with Gasteiger partial charge in [0.25, 0.3) is 0 Å². The normalized spacial score (nSPS) is 12.2. The third-order valence-corrected chi connectivity index (χ3v) is 3.89. The summed E-state index contributed by atoms with van der Waals surface area (Å²) >= 11 is 9.57. The van der Waals surface area contributed by atoms with Gasteiger partial charge in [-0.3, -0.25) is 16.3 Å². The van der Waals surface area contributed by atoms with Crippen molar-refractivity contribution >= 4 is 27.5 Å². The fourth-order valence-electron chi connectivity index (χ4n) is 2.02. The van der Waals surface area contributed by atoms with Crippen LogP contribution >= 0.6 is 27.5 Å². The Labute approximate surface area is 131 Å². The summed E-state index contributed by atoms with van der Waals surface area (Å²) in [5.74, 6) is 6.46. The number of pyridine rings is 1. The topological polar surface area (TPSA) is 60.2 Å². The van der Waals surface area contributed by atoms with Crippen LogP contribution in [-0.2, 0) is 6.42 Å². The minimum Gasteiger partial charge on any atom is -0.496 e. The van der Waals surface area contributed by atoms with Crippen LogP contribution in [-0.4, -0.2) is 12.1 Å². The third kappa shape index (κ3) is 3.49. The summed E-state index contributed by atoms with van der Waals surface area (Å²) in [4.78, 5) is 3.98. The number of hydrogen-bond donors (Lipinski definition) is 2. The first-order chi connectivity index (χ1) is 9.65. The second-order valence-electron chi connectivity index (χ2n) is 4.28. The molecule has 0 fully saturated rings. The molecule has 6 heteroatoms. The Kier molecular flexibility index (Phi) is 5.37. The van der Waals surface area contributed by atoms with E-state index in [1.165, 1.54) is 0 Å². The molecule has 2 rings (SSSR count). The van der Waals surface area contributed by atoms with Crippen LogP contribution in [0.1, 0.15) is 17.2 Å². The van der Waals surface area contributed by atoms with E-state index in [1.807, 2.05) is 24.3 Å². The average molecular weight is 357 g/mol. The second kappa shape index (κ2) is 7.04. The number of rotatable bonds is 5. The molecule has 1 atom stereocenters. The molecule has 0 spiro atoms. The van der Waals surface area contributed by atoms with Crippen molar-refractivity contribution in [1.29, 1.82) is 0 Å². The van der Waals surface area contributed by atoms with E-state index < -0.39 is 0 Å². The highest BCUT2D eigenvalue weighted by atomic mass is 79.9. The van der Waals surface area contributed by atoms with Crippen molar-refractivity contribution in [3.05, 3.63) is 57.3 Å². The van der Waals surface area contributed by atoms with Crippen molar-refractivity contribution in [2.24, 2.45) is 5.84 Å². The largest absolute Gasteiger partial charge is 0.496 e. The highest BCUT2D eigenvalue weighted by Crippen LogP contribution is 2.31. The van der Waals surface area contributed by atoms with Gasteiger partial charge in [0.2, 0.25) is 0 Å². The lowest BCUT2D eigenvalue weighted by Gasteiger charge is -2.20. The van der Waals surface area contributed by atoms with Gasteiger partial charge in [0, 0.05) is 22.4 Å². The smallest absolute Gasteiger partial charge is 0.124 e. The molecule has 1 aromatic heterocycles. The molecule has 1 heterocycles. The number of aromatic nitrogens is 1. The van der Waals surface area contributed by atoms with Crippen molar-refractivity contribution in [3.63, 3.8) is 0 Å². The fourth-order valence-corrected chi connectivity index (χ4v) is 2.56. The van der Waals surface area contributed by atoms with Crippen LogP contribution in [0.4, 0.5) is 0 Å². The van der Waals surface area contributed by atoms with E-state index in [2.05, 4.69) is 26.3 Å². The van der Waals surface area contributed by atoms with Crippen LogP contribution < -0.4 is 16.0 Å². The highest BCUT2D eigenvalue weighted by molar-refractivity contribution is 9.10. The van der Waals surface area contributed by atoms with Crippen LogP contribution in [0.2, 0.25) is 5.02 Å². The zero-order valence-electron chi connectivity index (χ0n) is 10.9. The first-order valence-electron chi connectivity index (χ1n) is 6.03. The van der Waals surface area contributed by atoms with Crippen LogP contribution in [0.25, 0.3) is 0 Å². The van der Waals surface area contributed by atoms with E-state index in [-0.39, 0.29) is 6.04 Å². The maximum Gasteiger partial charge on any atom is 0.124 e. The lowest BCUT2D eigenvalue weighted by molar-refractivity contribution is 0.398. The zero-order valence-corrected chi connectivity index (χ0v) is 13.3. The van der Waals surface area contributed by atoms with Crippen LogP contribution in [0.15, 0.2) is 41.1 Å². The summed E-state index contributed by atoms with van der Waals surface area (Å²) < 4.78 is 6.36. The maximum absolute atomic E-state index is 6.14. The number of halogens is 2. The van der Waals surface area contributed by atoms with E-state index in [0.29, 0.717) is 11.4 Å². The molecule has 0 saturated carbocycles. The predicted octanol–water partition coefficient (Wildman–Crippen LogP) is 3.25. The third-order valence-electron chi connectivity index (χ3n) is 3.05. The van der Waals surface area contributed by atoms with E-state index in [4.69, 9.17) is 22.2 Å². The van der Waals surface area contributed by atoms with Crippen molar-refractivity contribution in [3.8, 4) is 5.75 Å². The van der Waals surface area contributed by atoms with Gasteiger partial charge in [-0.25, -0.2) is 0 Å². The first-order valence-corrected chi connectivity index (χ1v) is 7.20. The van der Waals surface area contributed by atoms with Crippen LogP contribution in [0.5, 0.6) is 5.75 Å². The first kappa shape index (κ1) is 15.3. The standard InChI is InChI=1S/C14H15BrClN3O/c1-20-14-7-10(15)2-3-11(14)13(19-17)6-9-4-5-18-8-12(9)16/h2-5,7-8,13,19H,6,17H2,1H3. The van der Waals surface area contributed by atoms with Gasteiger partial charge in [0.15, 0.2) is 0 Å². The monoisotopic (exact) mass is 355 g/mol. The average Bonchev–Trinajstić information content (AvgIpc) is 2.46. The van der Waals surface area contributed by atoms with E-state index >= 15 is 0 Å². The lowest BCUT2D eigenvalue weighted by Crippen LogP contribution is -2.30. The van der Waals surface area contributed by atoms with Crippen molar-refractivity contribution in [2.45, 2.75) is 12.5 Å². The lowest BCUT2D eigenvalue weighted by atomic mass is 9.99. The SMILES string of the molecule is COc1cc(Br)ccc1C(Cc1ccncc1Cl)NN. The minimum absolute atomic E-state index is 0.0991. The number of nitrogens with zero attached hydrogens (tertiary/aromatic N) is 1. The van der Waals surface area contributed by atoms with E-state index in [1.54, 1.807) is 19.5 Å². The number of ether oxygens (including phenoxy) is 1. The van der Waals surface area contributed by atoms with Crippen molar-refractivity contribution in [2.75, 3.05) is 7.11 Å². The minimum atomic E-state index is -0.0991. The second-order valence-corrected chi connectivity index (χ2v) is 5.60. The summed E-state index contributed by atoms with van der Waals surface area (Å²) in [6.45, 7) is 0. The summed E-state index contributed by atoms with van der Waals surface area (Å²) in [6.07, 6.45) is 3.99. The Morgan fingerprint density at radius 3 is 2.90 bits per heavy atom. The zero-order chi connectivity index (χ0) is 14.5. The summed E-state index contributed by atoms with van der Waals surface area (Å²) in [7, 11) is 1.64. The van der Waals surface area contributed by atoms with Crippen molar-refractivity contribution < 1.29 is 4.74 Å². The van der Waals surface area contributed by atoms with Crippen molar-refractivity contribution in [1.82, 2.24) is 10.4 Å². The van der Waals surface area contributed by atoms with E-state index in [9.17, 15) is 0 Å². The Balaban J connectivity index is 2.31. The number of hydrogen-bond acceptors (Lipinski definition) is 4. The van der Waals surface area contributed by atoms with Gasteiger partial charge in [-0.1, -0.05) is 33.6 Å². The maximum atomic E-state index is 6.14. The van der Waals surface area contributed by atoms with Gasteiger partial charge in [-0.05, 0) is 30.2 Å². The molecule has 2 aromatic rings. The Morgan fingerprint density at radius 1 is 1.45 bits per heavy atom. The molecular weight excluding hydrogens is 342 g/mol. The molecule has 4 nitrogen and oxygen atoms in total. The van der Waals surface area contributed by atoms with Crippen LogP contribution in [0, 0.1) is 0 Å². The molecule has 3 N–H and O–H groups in total. The van der Waals surface area contributed by atoms with Gasteiger partial charge < -0.3 is 4.74 Å². The molecule has 0 radical (unpaired) electrons. The molecule has 0 aliphatic rings. The Hall–Kier alpha value is -1.14. The number of nitrogens with two attached hydrogens (primary N) is 1. The quantitative estimate of drug-likeness (QED) is 0.638. The molecule has 0 saturated heterocycles. The molecule has 106 valence electrons. The predicted molar refractivity (Wildman–Crippen MR) is 83.7 cm³/mol. The van der Waals surface area contributed by atoms with E-state index in [0.717, 1.165) is 21.3 Å². The summed E-state index contributed by atoms with van der Waals surface area (Å²) in [6, 6.07) is 7.63. The van der Waals surface area contributed by atoms with Gasteiger partial charge in [0.1, 0.15) is 5.75 Å². The molecule has 1 aromatic carbocycles. The Morgan fingerprint density at radius 2 is 2.25 bits per heavy atom. The Bertz CT molecular complexity index is 594. The number of nitrogens with one attached hydrogen (secondary N) is 1.